The van der Waals surface area contributed by atoms with Gasteiger partial charge in [-0.3, -0.25) is 14.5 Å². The van der Waals surface area contributed by atoms with Crippen molar-refractivity contribution >= 4 is 41.2 Å². The minimum absolute atomic E-state index is 0.0568. The molecule has 1 fully saturated rings. The zero-order chi connectivity index (χ0) is 24.2. The zero-order valence-corrected chi connectivity index (χ0v) is 20.0. The average molecular weight is 493 g/mol. The Morgan fingerprint density at radius 3 is 2.42 bits per heavy atom. The summed E-state index contributed by atoms with van der Waals surface area (Å²) in [4.78, 5) is 40.4. The number of amides is 2. The number of aliphatic carboxylic acids is 1. The van der Waals surface area contributed by atoms with Crippen LogP contribution in [0.4, 0.5) is 4.79 Å². The first kappa shape index (κ1) is 24.9. The number of nitrogens with zero attached hydrogens (tertiary/aromatic N) is 2. The Hall–Kier alpha value is -2.77. The Morgan fingerprint density at radius 2 is 1.85 bits per heavy atom. The van der Waals surface area contributed by atoms with E-state index in [-0.39, 0.29) is 31.2 Å². The molecule has 2 amide bonds. The molecular weight excluding hydrogens is 467 g/mol. The molecule has 1 N–H and O–H groups in total. The minimum Gasteiger partial charge on any atom is -0.481 e. The number of halogens is 2. The number of carbonyl (C=O) groups excluding carboxylic acids is 2. The Morgan fingerprint density at radius 1 is 1.15 bits per heavy atom. The highest BCUT2D eigenvalue weighted by molar-refractivity contribution is 6.32. The van der Waals surface area contributed by atoms with E-state index >= 15 is 0 Å². The molecule has 2 aromatic carbocycles. The maximum atomic E-state index is 13.6. The second kappa shape index (κ2) is 10.4. The van der Waals surface area contributed by atoms with Gasteiger partial charge in [0.05, 0.1) is 5.02 Å². The molecule has 1 aliphatic heterocycles. The topological polar surface area (TPSA) is 87.2 Å². The van der Waals surface area contributed by atoms with Gasteiger partial charge >= 0.3 is 12.1 Å². The van der Waals surface area contributed by atoms with Crippen LogP contribution in [-0.2, 0) is 16.1 Å². The van der Waals surface area contributed by atoms with Gasteiger partial charge < -0.3 is 14.7 Å². The highest BCUT2D eigenvalue weighted by atomic mass is 35.5. The van der Waals surface area contributed by atoms with E-state index in [1.54, 1.807) is 42.2 Å². The summed E-state index contributed by atoms with van der Waals surface area (Å²) >= 11 is 12.1. The van der Waals surface area contributed by atoms with Gasteiger partial charge in [0, 0.05) is 31.1 Å². The van der Waals surface area contributed by atoms with E-state index in [0.717, 1.165) is 11.1 Å². The third-order valence-corrected chi connectivity index (χ3v) is 6.32. The van der Waals surface area contributed by atoms with Gasteiger partial charge in [-0.1, -0.05) is 41.4 Å². The third kappa shape index (κ3) is 5.97. The summed E-state index contributed by atoms with van der Waals surface area (Å²) in [5.41, 5.74) is 0.693. The normalized spacial score (nSPS) is 17.3. The summed E-state index contributed by atoms with van der Waals surface area (Å²) in [5, 5.41) is 9.89. The van der Waals surface area contributed by atoms with Crippen LogP contribution in [0, 0.1) is 6.92 Å². The number of hydrogen-bond donors (Lipinski definition) is 1. The fourth-order valence-electron chi connectivity index (χ4n) is 3.74. The monoisotopic (exact) mass is 492 g/mol. The Labute approximate surface area is 202 Å². The molecule has 0 spiro atoms. The van der Waals surface area contributed by atoms with Crippen LogP contribution in [0.5, 0.6) is 5.75 Å². The largest absolute Gasteiger partial charge is 0.481 e. The fourth-order valence-corrected chi connectivity index (χ4v) is 4.14. The van der Waals surface area contributed by atoms with Crippen LogP contribution in [0.2, 0.25) is 10.0 Å². The summed E-state index contributed by atoms with van der Waals surface area (Å²) in [5.74, 6) is -0.960. The SMILES string of the molecule is Cc1ccc(OC(=O)N2CCC2(C)C(=O)N(CCCC(=O)O)Cc2ccc(Cl)cc2)c(Cl)c1. The Kier molecular flexibility index (Phi) is 7.87. The van der Waals surface area contributed by atoms with Crippen LogP contribution in [0.15, 0.2) is 42.5 Å². The quantitative estimate of drug-likeness (QED) is 0.549. The number of carboxylic acids is 1. The van der Waals surface area contributed by atoms with E-state index in [0.29, 0.717) is 29.4 Å². The molecule has 0 radical (unpaired) electrons. The van der Waals surface area contributed by atoms with Crippen molar-refractivity contribution in [3.05, 3.63) is 63.6 Å². The number of rotatable bonds is 8. The van der Waals surface area contributed by atoms with Crippen LogP contribution >= 0.6 is 23.2 Å². The first-order chi connectivity index (χ1) is 15.6. The molecule has 1 unspecified atom stereocenters. The molecule has 0 aromatic heterocycles. The molecule has 7 nitrogen and oxygen atoms in total. The van der Waals surface area contributed by atoms with E-state index in [9.17, 15) is 14.4 Å². The van der Waals surface area contributed by atoms with E-state index in [1.165, 1.54) is 4.90 Å². The second-order valence-corrected chi connectivity index (χ2v) is 9.17. The maximum absolute atomic E-state index is 13.6. The van der Waals surface area contributed by atoms with Crippen LogP contribution < -0.4 is 4.74 Å². The lowest BCUT2D eigenvalue weighted by Gasteiger charge is -2.49. The van der Waals surface area contributed by atoms with Crippen molar-refractivity contribution in [2.75, 3.05) is 13.1 Å². The zero-order valence-electron chi connectivity index (χ0n) is 18.5. The fraction of sp³-hybridized carbons (Fsp3) is 0.375. The van der Waals surface area contributed by atoms with E-state index < -0.39 is 17.6 Å². The minimum atomic E-state index is -1.09. The van der Waals surface area contributed by atoms with Gasteiger partial charge in [0.1, 0.15) is 5.54 Å². The number of aryl methyl sites for hydroxylation is 1. The van der Waals surface area contributed by atoms with Crippen molar-refractivity contribution in [1.29, 1.82) is 0 Å². The number of hydrogen-bond acceptors (Lipinski definition) is 4. The maximum Gasteiger partial charge on any atom is 0.416 e. The molecule has 0 bridgehead atoms. The van der Waals surface area contributed by atoms with Crippen molar-refractivity contribution < 1.29 is 24.2 Å². The third-order valence-electron chi connectivity index (χ3n) is 5.78. The molecule has 0 saturated carbocycles. The number of ether oxygens (including phenoxy) is 1. The van der Waals surface area contributed by atoms with Gasteiger partial charge in [-0.25, -0.2) is 4.79 Å². The summed E-state index contributed by atoms with van der Waals surface area (Å²) < 4.78 is 5.47. The molecule has 33 heavy (non-hydrogen) atoms. The summed E-state index contributed by atoms with van der Waals surface area (Å²) in [6, 6.07) is 12.2. The molecule has 176 valence electrons. The van der Waals surface area contributed by atoms with Crippen LogP contribution in [0.1, 0.15) is 37.3 Å². The molecule has 2 aromatic rings. The van der Waals surface area contributed by atoms with E-state index in [4.69, 9.17) is 33.0 Å². The van der Waals surface area contributed by atoms with Gasteiger partial charge in [-0.05, 0) is 62.1 Å². The lowest BCUT2D eigenvalue weighted by Crippen LogP contribution is -2.68. The van der Waals surface area contributed by atoms with Gasteiger partial charge in [0.15, 0.2) is 5.75 Å². The molecule has 1 heterocycles. The van der Waals surface area contributed by atoms with Gasteiger partial charge in [0.25, 0.3) is 0 Å². The summed E-state index contributed by atoms with van der Waals surface area (Å²) in [6.45, 7) is 4.47. The van der Waals surface area contributed by atoms with E-state index in [2.05, 4.69) is 0 Å². The highest BCUT2D eigenvalue weighted by Gasteiger charge is 2.52. The Bertz CT molecular complexity index is 1040. The first-order valence-corrected chi connectivity index (χ1v) is 11.4. The summed E-state index contributed by atoms with van der Waals surface area (Å²) in [7, 11) is 0. The molecular formula is C24H26Cl2N2O5. The number of carboxylic acid groups (broad SMARTS) is 1. The number of likely N-dealkylation sites (tertiary alicyclic amines) is 1. The highest BCUT2D eigenvalue weighted by Crippen LogP contribution is 2.35. The van der Waals surface area contributed by atoms with Crippen LogP contribution in [-0.4, -0.2) is 51.5 Å². The Balaban J connectivity index is 1.75. The molecule has 9 heteroatoms. The van der Waals surface area contributed by atoms with E-state index in [1.807, 2.05) is 19.1 Å². The summed E-state index contributed by atoms with van der Waals surface area (Å²) in [6.07, 6.45) is 0.0609. The smallest absolute Gasteiger partial charge is 0.416 e. The lowest BCUT2D eigenvalue weighted by atomic mass is 9.85. The van der Waals surface area contributed by atoms with Crippen molar-refractivity contribution in [3.63, 3.8) is 0 Å². The van der Waals surface area contributed by atoms with Crippen LogP contribution in [0.25, 0.3) is 0 Å². The standard InChI is InChI=1S/C24H26Cl2N2O5/c1-16-5-10-20(19(26)14-16)33-23(32)28-13-11-24(28,2)22(31)27(12-3-4-21(29)30)15-17-6-8-18(25)9-7-17/h5-10,14H,3-4,11-13,15H2,1-2H3,(H,29,30). The van der Waals surface area contributed by atoms with Gasteiger partial charge in [-0.2, -0.15) is 0 Å². The molecule has 0 aliphatic carbocycles. The lowest BCUT2D eigenvalue weighted by molar-refractivity contribution is -0.150. The first-order valence-electron chi connectivity index (χ1n) is 10.6. The van der Waals surface area contributed by atoms with Crippen molar-refractivity contribution in [2.45, 2.75) is 45.2 Å². The van der Waals surface area contributed by atoms with Crippen molar-refractivity contribution in [1.82, 2.24) is 9.80 Å². The number of benzene rings is 2. The average Bonchev–Trinajstić information content (AvgIpc) is 2.74. The van der Waals surface area contributed by atoms with Gasteiger partial charge in [0.2, 0.25) is 5.91 Å². The van der Waals surface area contributed by atoms with Gasteiger partial charge in [-0.15, -0.1) is 0 Å². The molecule has 3 rings (SSSR count). The van der Waals surface area contributed by atoms with Crippen molar-refractivity contribution in [2.24, 2.45) is 0 Å². The second-order valence-electron chi connectivity index (χ2n) is 8.33. The van der Waals surface area contributed by atoms with Crippen LogP contribution in [0.3, 0.4) is 0 Å². The predicted molar refractivity (Wildman–Crippen MR) is 126 cm³/mol. The molecule has 1 saturated heterocycles. The molecule has 1 aliphatic rings. The predicted octanol–water partition coefficient (Wildman–Crippen LogP) is 5.16. The number of carbonyl (C=O) groups is 3. The van der Waals surface area contributed by atoms with Crippen molar-refractivity contribution in [3.8, 4) is 5.75 Å². The molecule has 1 atom stereocenters.